The molecule has 1 unspecified atom stereocenters. The number of anilines is 1. The van der Waals surface area contributed by atoms with Crippen LogP contribution in [0.4, 0.5) is 5.13 Å². The molecule has 0 saturated carbocycles. The lowest BCUT2D eigenvalue weighted by molar-refractivity contribution is -0.689. The van der Waals surface area contributed by atoms with Crippen molar-refractivity contribution in [1.82, 2.24) is 19.6 Å². The van der Waals surface area contributed by atoms with Gasteiger partial charge >= 0.3 is 11.9 Å². The Morgan fingerprint density at radius 2 is 2.18 bits per heavy atom. The van der Waals surface area contributed by atoms with Crippen LogP contribution in [0.15, 0.2) is 41.0 Å². The summed E-state index contributed by atoms with van der Waals surface area (Å²) in [5.74, 6) is -3.37. The number of carboxylic acid groups (broad SMARTS) is 1. The normalized spacial score (nSPS) is 18.8. The molecule has 0 bridgehead atoms. The van der Waals surface area contributed by atoms with Crippen LogP contribution in [-0.4, -0.2) is 84.3 Å². The number of nitrogens with zero attached hydrogens (tertiary/aromatic N) is 5. The quantitative estimate of drug-likeness (QED) is 0.0799. The number of fused-ring (bicyclic) bond motifs is 1. The average Bonchev–Trinajstić information content (AvgIpc) is 3.35. The SMILES string of the molecule is CCOC(=O)CON=C(C(=O)NC1C(=O)N2C(C(=O)O)=C(C[n+]3cccc(CO)c3)CS[C@H]12)c1nsc(N)n1. The molecule has 5 N–H and O–H groups in total. The Hall–Kier alpha value is -4.09. The molecule has 4 rings (SSSR count). The first kappa shape index (κ1) is 27.9. The number of ether oxygens (including phenoxy) is 1. The molecule has 2 aromatic heterocycles. The van der Waals surface area contributed by atoms with E-state index in [-0.39, 0.29) is 42.2 Å². The minimum Gasteiger partial charge on any atom is -0.477 e. The number of β-lactam (4-membered cyclic amide) rings is 1. The van der Waals surface area contributed by atoms with E-state index in [1.165, 1.54) is 11.8 Å². The lowest BCUT2D eigenvalue weighted by Gasteiger charge is -2.49. The Morgan fingerprint density at radius 1 is 1.38 bits per heavy atom. The molecule has 15 nitrogen and oxygen atoms in total. The number of hydrogen-bond donors (Lipinski definition) is 4. The van der Waals surface area contributed by atoms with Gasteiger partial charge in [0.15, 0.2) is 24.1 Å². The molecule has 39 heavy (non-hydrogen) atoms. The van der Waals surface area contributed by atoms with Gasteiger partial charge in [0.05, 0.1) is 13.2 Å². The van der Waals surface area contributed by atoms with E-state index in [9.17, 15) is 29.4 Å². The second-order valence-electron chi connectivity index (χ2n) is 8.14. The monoisotopic (exact) mass is 578 g/mol. The van der Waals surface area contributed by atoms with Gasteiger partial charge in [-0.15, -0.1) is 11.8 Å². The standard InChI is InChI=1S/C22H23N7O8S2/c1-2-36-13(31)9-37-26-14(17-25-22(23)39-27-17)18(32)24-15-19(33)29-16(21(34)35)12(10-38-20(15)29)7-28-5-3-4-11(6-28)8-30/h3-6,15,20,30H,2,7-10H2,1H3,(H3-,23,24,25,27,32,34,35)/p+1/t15?,20-/m1/s1. The number of nitrogens with one attached hydrogen (secondary N) is 1. The summed E-state index contributed by atoms with van der Waals surface area (Å²) in [6, 6.07) is 2.40. The number of nitrogens with two attached hydrogens (primary N) is 1. The molecule has 1 fully saturated rings. The number of aliphatic hydroxyl groups excluding tert-OH is 1. The molecule has 2 aromatic rings. The maximum atomic E-state index is 13.1. The maximum Gasteiger partial charge on any atom is 0.352 e. The first-order valence-corrected chi connectivity index (χ1v) is 13.3. The number of aromatic nitrogens is 3. The zero-order valence-electron chi connectivity index (χ0n) is 20.5. The van der Waals surface area contributed by atoms with Crippen LogP contribution in [0.3, 0.4) is 0 Å². The third-order valence-electron chi connectivity index (χ3n) is 5.52. The number of nitrogen functional groups attached to an aromatic ring is 1. The Morgan fingerprint density at radius 3 is 2.85 bits per heavy atom. The van der Waals surface area contributed by atoms with Gasteiger partial charge in [0.25, 0.3) is 11.8 Å². The number of amides is 2. The van der Waals surface area contributed by atoms with Crippen LogP contribution in [0.5, 0.6) is 0 Å². The highest BCUT2D eigenvalue weighted by Crippen LogP contribution is 2.40. The van der Waals surface area contributed by atoms with E-state index in [1.54, 1.807) is 36.0 Å². The number of esters is 1. The minimum atomic E-state index is -1.27. The van der Waals surface area contributed by atoms with E-state index < -0.39 is 47.5 Å². The van der Waals surface area contributed by atoms with E-state index in [4.69, 9.17) is 15.3 Å². The van der Waals surface area contributed by atoms with E-state index in [2.05, 4.69) is 19.8 Å². The molecule has 17 heteroatoms. The summed E-state index contributed by atoms with van der Waals surface area (Å²) in [4.78, 5) is 59.8. The smallest absolute Gasteiger partial charge is 0.352 e. The highest BCUT2D eigenvalue weighted by Gasteiger charge is 2.55. The predicted octanol–water partition coefficient (Wildman–Crippen LogP) is -1.38. The van der Waals surface area contributed by atoms with Crippen LogP contribution in [0.25, 0.3) is 0 Å². The topological polar surface area (TPSA) is 211 Å². The lowest BCUT2D eigenvalue weighted by Crippen LogP contribution is -2.71. The van der Waals surface area contributed by atoms with Crippen LogP contribution in [0, 0.1) is 0 Å². The number of hydrogen-bond acceptors (Lipinski definition) is 13. The van der Waals surface area contributed by atoms with Gasteiger partial charge in [-0.3, -0.25) is 14.5 Å². The van der Waals surface area contributed by atoms with Crippen molar-refractivity contribution in [3.63, 3.8) is 0 Å². The molecule has 206 valence electrons. The van der Waals surface area contributed by atoms with Gasteiger partial charge in [-0.2, -0.15) is 9.36 Å². The summed E-state index contributed by atoms with van der Waals surface area (Å²) in [6.45, 7) is 1.20. The van der Waals surface area contributed by atoms with Crippen molar-refractivity contribution in [1.29, 1.82) is 0 Å². The van der Waals surface area contributed by atoms with Crippen molar-refractivity contribution in [2.24, 2.45) is 5.16 Å². The van der Waals surface area contributed by atoms with Gasteiger partial charge in [-0.1, -0.05) is 5.16 Å². The van der Waals surface area contributed by atoms with Gasteiger partial charge in [-0.05, 0) is 13.0 Å². The van der Waals surface area contributed by atoms with Gasteiger partial charge in [-0.25, -0.2) is 14.2 Å². The molecule has 0 spiro atoms. The number of carbonyl (C=O) groups excluding carboxylic acids is 3. The van der Waals surface area contributed by atoms with E-state index in [0.717, 1.165) is 16.4 Å². The number of pyridine rings is 1. The highest BCUT2D eigenvalue weighted by atomic mass is 32.2. The van der Waals surface area contributed by atoms with Crippen molar-refractivity contribution in [2.45, 2.75) is 31.5 Å². The summed E-state index contributed by atoms with van der Waals surface area (Å²) in [6.07, 6.45) is 3.42. The first-order chi connectivity index (χ1) is 18.7. The second kappa shape index (κ2) is 12.2. The predicted molar refractivity (Wildman–Crippen MR) is 136 cm³/mol. The number of rotatable bonds is 11. The number of aliphatic carboxylic acids is 1. The Kier molecular flexibility index (Phi) is 8.72. The number of aliphatic hydroxyl groups is 1. The third-order valence-corrected chi connectivity index (χ3v) is 7.41. The third kappa shape index (κ3) is 6.15. The van der Waals surface area contributed by atoms with Crippen LogP contribution in [0.2, 0.25) is 0 Å². The van der Waals surface area contributed by atoms with Crippen molar-refractivity contribution in [3.05, 3.63) is 47.2 Å². The summed E-state index contributed by atoms with van der Waals surface area (Å²) < 4.78 is 10.4. The number of carbonyl (C=O) groups is 4. The fourth-order valence-corrected chi connectivity index (χ4v) is 5.64. The Labute approximate surface area is 229 Å². The van der Waals surface area contributed by atoms with Crippen molar-refractivity contribution in [3.8, 4) is 0 Å². The van der Waals surface area contributed by atoms with Gasteiger partial charge < -0.3 is 30.8 Å². The molecule has 2 aliphatic rings. The molecule has 0 aromatic carbocycles. The summed E-state index contributed by atoms with van der Waals surface area (Å²) in [5, 5.41) is 24.9. The van der Waals surface area contributed by atoms with Gasteiger partial charge in [0.1, 0.15) is 17.1 Å². The average molecular weight is 579 g/mol. The van der Waals surface area contributed by atoms with Gasteiger partial charge in [0, 0.05) is 34.5 Å². The lowest BCUT2D eigenvalue weighted by atomic mass is 10.0. The van der Waals surface area contributed by atoms with E-state index in [1.807, 2.05) is 0 Å². The molecule has 0 radical (unpaired) electrons. The minimum absolute atomic E-state index is 0.0517. The van der Waals surface area contributed by atoms with Crippen molar-refractivity contribution < 1.29 is 43.5 Å². The summed E-state index contributed by atoms with van der Waals surface area (Å²) >= 11 is 2.09. The Balaban J connectivity index is 1.51. The molecule has 0 aliphatic carbocycles. The van der Waals surface area contributed by atoms with Crippen LogP contribution >= 0.6 is 23.3 Å². The van der Waals surface area contributed by atoms with Gasteiger partial charge in [0.2, 0.25) is 18.1 Å². The first-order valence-electron chi connectivity index (χ1n) is 11.5. The summed E-state index contributed by atoms with van der Waals surface area (Å²) in [5.41, 5.74) is 6.19. The maximum absolute atomic E-state index is 13.1. The van der Waals surface area contributed by atoms with Crippen LogP contribution < -0.4 is 15.6 Å². The molecule has 2 aliphatic heterocycles. The zero-order chi connectivity index (χ0) is 28.1. The second-order valence-corrected chi connectivity index (χ2v) is 10.0. The Bertz CT molecular complexity index is 1360. The number of thioether (sulfide) groups is 1. The van der Waals surface area contributed by atoms with E-state index >= 15 is 0 Å². The molecule has 2 amide bonds. The number of carboxylic acids is 1. The largest absolute Gasteiger partial charge is 0.477 e. The van der Waals surface area contributed by atoms with Crippen LogP contribution in [-0.2, 0) is 41.9 Å². The molecule has 1 saturated heterocycles. The van der Waals surface area contributed by atoms with E-state index in [0.29, 0.717) is 11.1 Å². The molecule has 4 heterocycles. The molecular formula is C22H24N7O8S2+. The summed E-state index contributed by atoms with van der Waals surface area (Å²) in [7, 11) is 0. The zero-order valence-corrected chi connectivity index (χ0v) is 22.1. The van der Waals surface area contributed by atoms with Crippen LogP contribution in [0.1, 0.15) is 18.3 Å². The number of oxime groups is 1. The van der Waals surface area contributed by atoms with Crippen molar-refractivity contribution >= 4 is 57.9 Å². The molecular weight excluding hydrogens is 554 g/mol. The fraction of sp³-hybridized carbons (Fsp3) is 0.364. The highest BCUT2D eigenvalue weighted by molar-refractivity contribution is 8.00. The van der Waals surface area contributed by atoms with Crippen molar-refractivity contribution in [2.75, 3.05) is 24.7 Å². The fourth-order valence-electron chi connectivity index (χ4n) is 3.87. The molecule has 2 atom stereocenters.